The molecule has 1 fully saturated rings. The normalized spacial score (nSPS) is 16.6. The largest absolute Gasteiger partial charge is 0.507 e. The first-order chi connectivity index (χ1) is 18.7. The molecule has 1 aliphatic heterocycles. The van der Waals surface area contributed by atoms with Crippen LogP contribution in [0.1, 0.15) is 28.3 Å². The second-order valence-corrected chi connectivity index (χ2v) is 9.65. The molecular weight excluding hydrogens is 496 g/mol. The van der Waals surface area contributed by atoms with E-state index in [9.17, 15) is 14.7 Å². The van der Waals surface area contributed by atoms with Crippen LogP contribution >= 0.6 is 0 Å². The number of rotatable bonds is 10. The molecule has 0 saturated carbocycles. The van der Waals surface area contributed by atoms with E-state index < -0.39 is 17.7 Å². The molecule has 0 aliphatic carbocycles. The van der Waals surface area contributed by atoms with E-state index >= 15 is 0 Å². The van der Waals surface area contributed by atoms with Gasteiger partial charge < -0.3 is 29.1 Å². The molecule has 1 saturated heterocycles. The van der Waals surface area contributed by atoms with E-state index in [1.807, 2.05) is 50.2 Å². The predicted octanol–water partition coefficient (Wildman–Crippen LogP) is 4.57. The Morgan fingerprint density at radius 1 is 0.949 bits per heavy atom. The first-order valence-corrected chi connectivity index (χ1v) is 12.7. The molecule has 0 radical (unpaired) electrons. The first-order valence-electron chi connectivity index (χ1n) is 12.7. The minimum absolute atomic E-state index is 0.0274. The molecule has 204 valence electrons. The number of ether oxygens (including phenoxy) is 3. The van der Waals surface area contributed by atoms with Gasteiger partial charge >= 0.3 is 0 Å². The van der Waals surface area contributed by atoms with Gasteiger partial charge in [0.2, 0.25) is 0 Å². The van der Waals surface area contributed by atoms with Crippen molar-refractivity contribution in [3.8, 4) is 17.2 Å². The molecule has 8 nitrogen and oxygen atoms in total. The van der Waals surface area contributed by atoms with Crippen molar-refractivity contribution in [3.63, 3.8) is 0 Å². The highest BCUT2D eigenvalue weighted by atomic mass is 16.5. The Morgan fingerprint density at radius 3 is 2.28 bits per heavy atom. The molecule has 3 aromatic carbocycles. The number of methoxy groups -OCH3 is 2. The Kier molecular flexibility index (Phi) is 8.56. The van der Waals surface area contributed by atoms with Gasteiger partial charge in [0.25, 0.3) is 11.7 Å². The van der Waals surface area contributed by atoms with Crippen molar-refractivity contribution in [1.29, 1.82) is 0 Å². The summed E-state index contributed by atoms with van der Waals surface area (Å²) in [5, 5.41) is 11.4. The number of ketones is 1. The quantitative estimate of drug-likeness (QED) is 0.233. The number of benzene rings is 3. The average Bonchev–Trinajstić information content (AvgIpc) is 3.20. The number of hydrogen-bond donors (Lipinski definition) is 1. The topological polar surface area (TPSA) is 88.5 Å². The number of aliphatic hydroxyl groups is 1. The lowest BCUT2D eigenvalue weighted by molar-refractivity contribution is -0.140. The fraction of sp³-hybridized carbons (Fsp3) is 0.290. The standard InChI is InChI=1S/C31H34N2O6/c1-20-8-6-7-9-23(20)19-39-24-13-10-21(11-14-24)29(34)27-28(22-12-15-25(37-4)26(18-22)38-5)33(17-16-32(2)3)31(36)30(27)35/h6-15,18,28,34H,16-17,19H2,1-5H3/b29-27-. The second-order valence-electron chi connectivity index (χ2n) is 9.65. The van der Waals surface area contributed by atoms with E-state index in [2.05, 4.69) is 0 Å². The van der Waals surface area contributed by atoms with Crippen LogP contribution in [-0.4, -0.2) is 68.0 Å². The van der Waals surface area contributed by atoms with E-state index in [-0.39, 0.29) is 11.3 Å². The highest BCUT2D eigenvalue weighted by Gasteiger charge is 2.46. The van der Waals surface area contributed by atoms with Crippen molar-refractivity contribution in [3.05, 3.63) is 94.6 Å². The van der Waals surface area contributed by atoms with Crippen LogP contribution in [0.5, 0.6) is 17.2 Å². The maximum atomic E-state index is 13.3. The lowest BCUT2D eigenvalue weighted by Crippen LogP contribution is -2.35. The zero-order valence-corrected chi connectivity index (χ0v) is 22.9. The molecule has 8 heteroatoms. The Balaban J connectivity index is 1.69. The van der Waals surface area contributed by atoms with E-state index in [1.54, 1.807) is 42.5 Å². The summed E-state index contributed by atoms with van der Waals surface area (Å²) in [6, 6.07) is 19.3. The van der Waals surface area contributed by atoms with Crippen molar-refractivity contribution >= 4 is 17.4 Å². The Labute approximate surface area is 229 Å². The van der Waals surface area contributed by atoms with Gasteiger partial charge in [0.1, 0.15) is 18.1 Å². The third-order valence-corrected chi connectivity index (χ3v) is 6.83. The number of hydrogen-bond acceptors (Lipinski definition) is 7. The number of carbonyl (C=O) groups excluding carboxylic acids is 2. The molecule has 0 spiro atoms. The number of likely N-dealkylation sites (tertiary alicyclic amines) is 1. The molecule has 1 aliphatic rings. The fourth-order valence-corrected chi connectivity index (χ4v) is 4.59. The van der Waals surface area contributed by atoms with Crippen molar-refractivity contribution in [2.45, 2.75) is 19.6 Å². The number of aryl methyl sites for hydroxylation is 1. The number of amides is 1. The zero-order valence-electron chi connectivity index (χ0n) is 22.9. The molecule has 4 rings (SSSR count). The molecule has 1 unspecified atom stereocenters. The van der Waals surface area contributed by atoms with Gasteiger partial charge in [-0.2, -0.15) is 0 Å². The van der Waals surface area contributed by atoms with Gasteiger partial charge in [-0.25, -0.2) is 0 Å². The smallest absolute Gasteiger partial charge is 0.295 e. The number of Topliss-reactive ketones (excluding diaryl/α,β-unsaturated/α-hetero) is 1. The summed E-state index contributed by atoms with van der Waals surface area (Å²) < 4.78 is 16.7. The lowest BCUT2D eigenvalue weighted by Gasteiger charge is -2.27. The highest BCUT2D eigenvalue weighted by Crippen LogP contribution is 2.42. The Hall–Kier alpha value is -4.30. The van der Waals surface area contributed by atoms with Crippen molar-refractivity contribution in [2.75, 3.05) is 41.4 Å². The van der Waals surface area contributed by atoms with E-state index in [0.29, 0.717) is 48.1 Å². The minimum atomic E-state index is -0.790. The van der Waals surface area contributed by atoms with Gasteiger partial charge in [0.05, 0.1) is 25.8 Å². The van der Waals surface area contributed by atoms with E-state index in [4.69, 9.17) is 14.2 Å². The van der Waals surface area contributed by atoms with Gasteiger partial charge in [0, 0.05) is 18.7 Å². The van der Waals surface area contributed by atoms with Gasteiger partial charge in [-0.05, 0) is 74.1 Å². The summed E-state index contributed by atoms with van der Waals surface area (Å²) in [4.78, 5) is 29.9. The van der Waals surface area contributed by atoms with Gasteiger partial charge in [-0.3, -0.25) is 9.59 Å². The molecule has 3 aromatic rings. The Morgan fingerprint density at radius 2 is 1.64 bits per heavy atom. The van der Waals surface area contributed by atoms with Crippen molar-refractivity contribution in [2.24, 2.45) is 0 Å². The third-order valence-electron chi connectivity index (χ3n) is 6.83. The Bertz CT molecular complexity index is 1380. The molecule has 1 N–H and O–H groups in total. The SMILES string of the molecule is COc1ccc(C2/C(=C(/O)c3ccc(OCc4ccccc4C)cc3)C(=O)C(=O)N2CCN(C)C)cc1OC. The van der Waals surface area contributed by atoms with E-state index in [1.165, 1.54) is 19.1 Å². The maximum Gasteiger partial charge on any atom is 0.295 e. The van der Waals surface area contributed by atoms with Crippen LogP contribution in [0.4, 0.5) is 0 Å². The zero-order chi connectivity index (χ0) is 28.1. The second kappa shape index (κ2) is 12.0. The summed E-state index contributed by atoms with van der Waals surface area (Å²) in [6.07, 6.45) is 0. The summed E-state index contributed by atoms with van der Waals surface area (Å²) in [5.74, 6) is -0.0259. The molecule has 1 amide bonds. The minimum Gasteiger partial charge on any atom is -0.507 e. The molecule has 0 bridgehead atoms. The summed E-state index contributed by atoms with van der Waals surface area (Å²) >= 11 is 0. The first kappa shape index (κ1) is 27.7. The van der Waals surface area contributed by atoms with E-state index in [0.717, 1.165) is 11.1 Å². The molecular formula is C31H34N2O6. The van der Waals surface area contributed by atoms with Gasteiger partial charge in [-0.1, -0.05) is 30.3 Å². The third kappa shape index (κ3) is 5.91. The van der Waals surface area contributed by atoms with Crippen LogP contribution in [0.25, 0.3) is 5.76 Å². The monoisotopic (exact) mass is 530 g/mol. The summed E-state index contributed by atoms with van der Waals surface area (Å²) in [6.45, 7) is 3.29. The lowest BCUT2D eigenvalue weighted by atomic mass is 9.95. The molecule has 0 aromatic heterocycles. The molecule has 1 heterocycles. The predicted molar refractivity (Wildman–Crippen MR) is 149 cm³/mol. The van der Waals surface area contributed by atoms with Crippen molar-refractivity contribution in [1.82, 2.24) is 9.80 Å². The van der Waals surface area contributed by atoms with Crippen LogP contribution in [-0.2, 0) is 16.2 Å². The molecule has 39 heavy (non-hydrogen) atoms. The van der Waals surface area contributed by atoms with Crippen LogP contribution in [0.15, 0.2) is 72.3 Å². The summed E-state index contributed by atoms with van der Waals surface area (Å²) in [5.41, 5.74) is 3.29. The van der Waals surface area contributed by atoms with Gasteiger partial charge in [-0.15, -0.1) is 0 Å². The number of likely N-dealkylation sites (N-methyl/N-ethyl adjacent to an activating group) is 1. The van der Waals surface area contributed by atoms with Crippen LogP contribution < -0.4 is 14.2 Å². The van der Waals surface area contributed by atoms with Crippen molar-refractivity contribution < 1.29 is 28.9 Å². The summed E-state index contributed by atoms with van der Waals surface area (Å²) in [7, 11) is 6.85. The van der Waals surface area contributed by atoms with Crippen LogP contribution in [0.2, 0.25) is 0 Å². The number of carbonyl (C=O) groups is 2. The highest BCUT2D eigenvalue weighted by molar-refractivity contribution is 6.46. The molecule has 1 atom stereocenters. The maximum absolute atomic E-state index is 13.3. The van der Waals surface area contributed by atoms with Crippen LogP contribution in [0, 0.1) is 6.92 Å². The van der Waals surface area contributed by atoms with Gasteiger partial charge in [0.15, 0.2) is 11.5 Å². The average molecular weight is 531 g/mol. The number of nitrogens with zero attached hydrogens (tertiary/aromatic N) is 2. The van der Waals surface area contributed by atoms with Crippen LogP contribution in [0.3, 0.4) is 0 Å². The fourth-order valence-electron chi connectivity index (χ4n) is 4.59. The number of aliphatic hydroxyl groups excluding tert-OH is 1.